The summed E-state index contributed by atoms with van der Waals surface area (Å²) in [7, 11) is 0. The van der Waals surface area contributed by atoms with Gasteiger partial charge in [-0.2, -0.15) is 0 Å². The summed E-state index contributed by atoms with van der Waals surface area (Å²) in [6.45, 7) is 2.11. The molecule has 1 aliphatic carbocycles. The monoisotopic (exact) mass is 241 g/mol. The molecule has 1 saturated carbocycles. The lowest BCUT2D eigenvalue weighted by Gasteiger charge is -2.24. The van der Waals surface area contributed by atoms with Gasteiger partial charge in [0.2, 0.25) is 0 Å². The highest BCUT2D eigenvalue weighted by Crippen LogP contribution is 2.33. The molecule has 1 fully saturated rings. The highest BCUT2D eigenvalue weighted by molar-refractivity contribution is 5.77. The van der Waals surface area contributed by atoms with Crippen LogP contribution in [0.1, 0.15) is 39.0 Å². The van der Waals surface area contributed by atoms with Gasteiger partial charge in [0.25, 0.3) is 0 Å². The Labute approximate surface area is 107 Å². The van der Waals surface area contributed by atoms with Crippen LogP contribution in [0.4, 0.5) is 0 Å². The lowest BCUT2D eigenvalue weighted by molar-refractivity contribution is 0.416. The molecule has 1 heterocycles. The summed E-state index contributed by atoms with van der Waals surface area (Å²) in [4.78, 5) is 0. The molecule has 94 valence electrons. The largest absolute Gasteiger partial charge is 0.217 e. The van der Waals surface area contributed by atoms with Crippen molar-refractivity contribution in [3.8, 4) is 0 Å². The van der Waals surface area contributed by atoms with Crippen LogP contribution in [0.25, 0.3) is 16.7 Å². The van der Waals surface area contributed by atoms with E-state index in [2.05, 4.69) is 35.4 Å². The molecule has 0 radical (unpaired) electrons. The standard InChI is InChI=1S/C15H19N3/c1-2-14(12-8-4-3-5-9-12)18-15-11-7-6-10-13(15)16-17-18/h2,6-7,10-12H,3-5,8-9H2,1H3. The number of benzene rings is 1. The number of nitrogens with zero attached hydrogens (tertiary/aromatic N) is 3. The van der Waals surface area contributed by atoms with Crippen molar-refractivity contribution < 1.29 is 0 Å². The lowest BCUT2D eigenvalue weighted by atomic mass is 9.86. The number of para-hydroxylation sites is 1. The number of fused-ring (bicyclic) bond motifs is 1. The number of allylic oxidation sites excluding steroid dienone is 2. The molecule has 0 atom stereocenters. The smallest absolute Gasteiger partial charge is 0.113 e. The molecule has 0 bridgehead atoms. The third-order valence-corrected chi connectivity index (χ3v) is 3.92. The zero-order chi connectivity index (χ0) is 12.4. The third-order valence-electron chi connectivity index (χ3n) is 3.92. The maximum absolute atomic E-state index is 4.34. The molecule has 3 rings (SSSR count). The molecule has 2 aromatic rings. The van der Waals surface area contributed by atoms with Gasteiger partial charge < -0.3 is 0 Å². The number of aromatic nitrogens is 3. The van der Waals surface area contributed by atoms with Gasteiger partial charge in [-0.3, -0.25) is 0 Å². The molecular formula is C15H19N3. The SMILES string of the molecule is CC=C(C1CCCCC1)n1nnc2ccccc21. The van der Waals surface area contributed by atoms with Crippen molar-refractivity contribution in [2.24, 2.45) is 5.92 Å². The van der Waals surface area contributed by atoms with E-state index in [4.69, 9.17) is 0 Å². The van der Waals surface area contributed by atoms with Crippen LogP contribution in [0, 0.1) is 5.92 Å². The molecular weight excluding hydrogens is 222 g/mol. The molecule has 0 unspecified atom stereocenters. The van der Waals surface area contributed by atoms with E-state index >= 15 is 0 Å². The summed E-state index contributed by atoms with van der Waals surface area (Å²) in [5.41, 5.74) is 3.42. The molecule has 1 aromatic carbocycles. The van der Waals surface area contributed by atoms with Gasteiger partial charge in [-0.25, -0.2) is 4.68 Å². The van der Waals surface area contributed by atoms with Crippen molar-refractivity contribution in [3.63, 3.8) is 0 Å². The van der Waals surface area contributed by atoms with E-state index in [1.54, 1.807) is 0 Å². The Morgan fingerprint density at radius 1 is 1.22 bits per heavy atom. The zero-order valence-electron chi connectivity index (χ0n) is 10.8. The normalized spacial score (nSPS) is 18.4. The minimum absolute atomic E-state index is 0.647. The van der Waals surface area contributed by atoms with Gasteiger partial charge >= 0.3 is 0 Å². The second-order valence-electron chi connectivity index (χ2n) is 5.04. The first kappa shape index (κ1) is 11.5. The first-order chi connectivity index (χ1) is 8.90. The summed E-state index contributed by atoms with van der Waals surface area (Å²) in [5.74, 6) is 0.647. The van der Waals surface area contributed by atoms with Crippen molar-refractivity contribution in [2.45, 2.75) is 39.0 Å². The summed E-state index contributed by atoms with van der Waals surface area (Å²) in [6, 6.07) is 8.18. The average molecular weight is 241 g/mol. The number of rotatable bonds is 2. The van der Waals surface area contributed by atoms with Crippen LogP contribution in [-0.4, -0.2) is 15.0 Å². The van der Waals surface area contributed by atoms with Gasteiger partial charge in [0.15, 0.2) is 0 Å². The third kappa shape index (κ3) is 1.94. The van der Waals surface area contributed by atoms with Gasteiger partial charge in [0.1, 0.15) is 5.52 Å². The minimum atomic E-state index is 0.647. The van der Waals surface area contributed by atoms with Crippen LogP contribution in [0.3, 0.4) is 0 Å². The van der Waals surface area contributed by atoms with E-state index < -0.39 is 0 Å². The molecule has 18 heavy (non-hydrogen) atoms. The van der Waals surface area contributed by atoms with Crippen LogP contribution in [-0.2, 0) is 0 Å². The second-order valence-corrected chi connectivity index (χ2v) is 5.04. The maximum Gasteiger partial charge on any atom is 0.113 e. The van der Waals surface area contributed by atoms with E-state index in [-0.39, 0.29) is 0 Å². The molecule has 1 aromatic heterocycles. The second kappa shape index (κ2) is 4.92. The zero-order valence-corrected chi connectivity index (χ0v) is 10.8. The Balaban J connectivity index is 2.01. The van der Waals surface area contributed by atoms with Crippen LogP contribution in [0.5, 0.6) is 0 Å². The summed E-state index contributed by atoms with van der Waals surface area (Å²) in [5, 5.41) is 8.59. The Morgan fingerprint density at radius 3 is 2.78 bits per heavy atom. The maximum atomic E-state index is 4.34. The van der Waals surface area contributed by atoms with E-state index in [1.165, 1.54) is 37.8 Å². The predicted octanol–water partition coefficient (Wildman–Crippen LogP) is 3.87. The summed E-state index contributed by atoms with van der Waals surface area (Å²) >= 11 is 0. The predicted molar refractivity (Wildman–Crippen MR) is 74.1 cm³/mol. The molecule has 3 nitrogen and oxygen atoms in total. The Kier molecular flexibility index (Phi) is 3.13. The molecule has 0 saturated heterocycles. The quantitative estimate of drug-likeness (QED) is 0.799. The van der Waals surface area contributed by atoms with Gasteiger partial charge in [-0.15, -0.1) is 5.10 Å². The average Bonchev–Trinajstić information content (AvgIpc) is 2.85. The Morgan fingerprint density at radius 2 is 2.00 bits per heavy atom. The van der Waals surface area contributed by atoms with Crippen LogP contribution in [0.15, 0.2) is 30.3 Å². The van der Waals surface area contributed by atoms with Crippen LogP contribution < -0.4 is 0 Å². The fourth-order valence-electron chi connectivity index (χ4n) is 2.99. The molecule has 0 aliphatic heterocycles. The van der Waals surface area contributed by atoms with Crippen molar-refractivity contribution in [3.05, 3.63) is 30.3 Å². The Bertz CT molecular complexity index is 562. The fourth-order valence-corrected chi connectivity index (χ4v) is 2.99. The van der Waals surface area contributed by atoms with E-state index in [9.17, 15) is 0 Å². The molecule has 0 N–H and O–H groups in total. The highest BCUT2D eigenvalue weighted by atomic mass is 15.4. The lowest BCUT2D eigenvalue weighted by Crippen LogP contribution is -2.14. The highest BCUT2D eigenvalue weighted by Gasteiger charge is 2.20. The summed E-state index contributed by atoms with van der Waals surface area (Å²) in [6.07, 6.45) is 8.84. The molecule has 0 spiro atoms. The van der Waals surface area contributed by atoms with E-state index in [0.717, 1.165) is 11.0 Å². The van der Waals surface area contributed by atoms with Crippen LogP contribution in [0.2, 0.25) is 0 Å². The van der Waals surface area contributed by atoms with Crippen molar-refractivity contribution >= 4 is 16.7 Å². The molecule has 1 aliphatic rings. The number of hydrogen-bond donors (Lipinski definition) is 0. The minimum Gasteiger partial charge on any atom is -0.217 e. The van der Waals surface area contributed by atoms with Crippen LogP contribution >= 0.6 is 0 Å². The van der Waals surface area contributed by atoms with Gasteiger partial charge in [0.05, 0.1) is 5.52 Å². The van der Waals surface area contributed by atoms with Gasteiger partial charge in [-0.05, 0) is 31.9 Å². The molecule has 0 amide bonds. The Hall–Kier alpha value is -1.64. The first-order valence-electron chi connectivity index (χ1n) is 6.87. The van der Waals surface area contributed by atoms with E-state index in [0.29, 0.717) is 5.92 Å². The number of hydrogen-bond acceptors (Lipinski definition) is 2. The topological polar surface area (TPSA) is 30.7 Å². The van der Waals surface area contributed by atoms with Crippen molar-refractivity contribution in [1.82, 2.24) is 15.0 Å². The van der Waals surface area contributed by atoms with Crippen molar-refractivity contribution in [2.75, 3.05) is 0 Å². The van der Waals surface area contributed by atoms with Gasteiger partial charge in [0, 0.05) is 11.6 Å². The first-order valence-corrected chi connectivity index (χ1v) is 6.87. The van der Waals surface area contributed by atoms with Crippen molar-refractivity contribution in [1.29, 1.82) is 0 Å². The summed E-state index contributed by atoms with van der Waals surface area (Å²) < 4.78 is 2.03. The van der Waals surface area contributed by atoms with Gasteiger partial charge in [-0.1, -0.05) is 42.7 Å². The molecule has 3 heteroatoms. The van der Waals surface area contributed by atoms with E-state index in [1.807, 2.05) is 16.8 Å². The fraction of sp³-hybridized carbons (Fsp3) is 0.467.